The third-order valence-corrected chi connectivity index (χ3v) is 2.29. The second-order valence-electron chi connectivity index (χ2n) is 3.20. The molecule has 0 bridgehead atoms. The summed E-state index contributed by atoms with van der Waals surface area (Å²) in [4.78, 5) is 10.7. The van der Waals surface area contributed by atoms with Gasteiger partial charge in [0.05, 0.1) is 22.3 Å². The van der Waals surface area contributed by atoms with Crippen molar-refractivity contribution >= 4 is 23.2 Å². The van der Waals surface area contributed by atoms with Crippen molar-refractivity contribution in [3.63, 3.8) is 0 Å². The number of primary amides is 1. The van der Waals surface area contributed by atoms with E-state index in [2.05, 4.69) is 5.32 Å². The molecule has 5 nitrogen and oxygen atoms in total. The van der Waals surface area contributed by atoms with Crippen molar-refractivity contribution in [3.8, 4) is 6.07 Å². The quantitative estimate of drug-likeness (QED) is 0.708. The number of hydrogen-bond acceptors (Lipinski definition) is 4. The molecule has 0 aromatic heterocycles. The zero-order valence-electron chi connectivity index (χ0n) is 8.40. The number of benzene rings is 1. The van der Waals surface area contributed by atoms with Gasteiger partial charge in [0, 0.05) is 6.54 Å². The standard InChI is InChI=1S/C10H11ClN4O/c11-7-3-6(4-12)1-2-9(7)15-5-8(13)10(14)16/h1-3,8,15H,5,13H2,(H2,14,16). The van der Waals surface area contributed by atoms with Crippen LogP contribution in [0.4, 0.5) is 5.69 Å². The zero-order chi connectivity index (χ0) is 12.1. The average molecular weight is 239 g/mol. The Labute approximate surface area is 98.0 Å². The molecule has 0 saturated carbocycles. The Morgan fingerprint density at radius 1 is 1.62 bits per heavy atom. The molecule has 0 aliphatic rings. The van der Waals surface area contributed by atoms with E-state index in [0.29, 0.717) is 16.3 Å². The Bertz CT molecular complexity index is 441. The van der Waals surface area contributed by atoms with Crippen LogP contribution in [0, 0.1) is 11.3 Å². The van der Waals surface area contributed by atoms with Gasteiger partial charge in [-0.2, -0.15) is 5.26 Å². The number of nitrogens with two attached hydrogens (primary N) is 2. The first-order chi connectivity index (χ1) is 7.54. The molecule has 0 spiro atoms. The summed E-state index contributed by atoms with van der Waals surface area (Å²) in [6.45, 7) is 0.195. The summed E-state index contributed by atoms with van der Waals surface area (Å²) in [6, 6.07) is 5.99. The number of carbonyl (C=O) groups excluding carboxylic acids is 1. The van der Waals surface area contributed by atoms with Crippen molar-refractivity contribution in [1.82, 2.24) is 0 Å². The molecule has 0 saturated heterocycles. The predicted molar refractivity (Wildman–Crippen MR) is 61.8 cm³/mol. The molecule has 0 heterocycles. The Kier molecular flexibility index (Phi) is 4.11. The molecule has 1 rings (SSSR count). The maximum Gasteiger partial charge on any atom is 0.236 e. The predicted octanol–water partition coefficient (Wildman–Crippen LogP) is 0.436. The minimum Gasteiger partial charge on any atom is -0.382 e. The number of nitrogens with one attached hydrogen (secondary N) is 1. The van der Waals surface area contributed by atoms with Crippen molar-refractivity contribution in [1.29, 1.82) is 5.26 Å². The van der Waals surface area contributed by atoms with Crippen molar-refractivity contribution < 1.29 is 4.79 Å². The molecule has 84 valence electrons. The summed E-state index contributed by atoms with van der Waals surface area (Å²) >= 11 is 5.90. The van der Waals surface area contributed by atoms with Gasteiger partial charge in [0.25, 0.3) is 0 Å². The Morgan fingerprint density at radius 2 is 2.31 bits per heavy atom. The third-order valence-electron chi connectivity index (χ3n) is 1.98. The Balaban J connectivity index is 2.69. The van der Waals surface area contributed by atoms with Crippen LogP contribution in [0.15, 0.2) is 18.2 Å². The Morgan fingerprint density at radius 3 is 2.81 bits per heavy atom. The lowest BCUT2D eigenvalue weighted by atomic mass is 10.2. The summed E-state index contributed by atoms with van der Waals surface area (Å²) in [5.74, 6) is -0.586. The molecule has 1 unspecified atom stereocenters. The van der Waals surface area contributed by atoms with E-state index in [1.165, 1.54) is 6.07 Å². The molecule has 0 radical (unpaired) electrons. The van der Waals surface area contributed by atoms with Gasteiger partial charge >= 0.3 is 0 Å². The smallest absolute Gasteiger partial charge is 0.236 e. The molecule has 5 N–H and O–H groups in total. The fourth-order valence-corrected chi connectivity index (χ4v) is 1.30. The van der Waals surface area contributed by atoms with Gasteiger partial charge in [0.2, 0.25) is 5.91 Å². The lowest BCUT2D eigenvalue weighted by Crippen LogP contribution is -2.41. The SMILES string of the molecule is N#Cc1ccc(NCC(N)C(N)=O)c(Cl)c1. The number of carbonyl (C=O) groups is 1. The molecule has 1 aromatic carbocycles. The lowest BCUT2D eigenvalue weighted by molar-refractivity contribution is -0.118. The summed E-state index contributed by atoms with van der Waals surface area (Å²) in [7, 11) is 0. The molecule has 16 heavy (non-hydrogen) atoms. The van der Waals surface area contributed by atoms with E-state index in [0.717, 1.165) is 0 Å². The monoisotopic (exact) mass is 238 g/mol. The highest BCUT2D eigenvalue weighted by Crippen LogP contribution is 2.22. The van der Waals surface area contributed by atoms with Crippen LogP contribution in [0.3, 0.4) is 0 Å². The first-order valence-corrected chi connectivity index (χ1v) is 4.91. The number of nitrogens with zero attached hydrogens (tertiary/aromatic N) is 1. The summed E-state index contributed by atoms with van der Waals surface area (Å²) in [6.07, 6.45) is 0. The largest absolute Gasteiger partial charge is 0.382 e. The second kappa shape index (κ2) is 5.35. The van der Waals surface area contributed by atoms with Crippen molar-refractivity contribution in [3.05, 3.63) is 28.8 Å². The minimum absolute atomic E-state index is 0.195. The van der Waals surface area contributed by atoms with Crippen LogP contribution in [-0.4, -0.2) is 18.5 Å². The average Bonchev–Trinajstić information content (AvgIpc) is 2.26. The topological polar surface area (TPSA) is 105 Å². The van der Waals surface area contributed by atoms with Gasteiger partial charge < -0.3 is 16.8 Å². The van der Waals surface area contributed by atoms with Gasteiger partial charge in [-0.1, -0.05) is 11.6 Å². The summed E-state index contributed by atoms with van der Waals surface area (Å²) in [5, 5.41) is 11.9. The van der Waals surface area contributed by atoms with Crippen LogP contribution in [0.1, 0.15) is 5.56 Å². The molecule has 6 heteroatoms. The maximum atomic E-state index is 10.7. The van der Waals surface area contributed by atoms with Crippen LogP contribution in [0.5, 0.6) is 0 Å². The number of hydrogen-bond donors (Lipinski definition) is 3. The fourth-order valence-electron chi connectivity index (χ4n) is 1.05. The van der Waals surface area contributed by atoms with E-state index < -0.39 is 11.9 Å². The second-order valence-corrected chi connectivity index (χ2v) is 3.60. The normalized spacial score (nSPS) is 11.6. The van der Waals surface area contributed by atoms with Gasteiger partial charge in [0.15, 0.2) is 0 Å². The number of anilines is 1. The number of amides is 1. The van der Waals surface area contributed by atoms with E-state index in [4.69, 9.17) is 28.3 Å². The third kappa shape index (κ3) is 3.12. The molecule has 0 aliphatic heterocycles. The van der Waals surface area contributed by atoms with Gasteiger partial charge in [-0.25, -0.2) is 0 Å². The van der Waals surface area contributed by atoms with E-state index in [-0.39, 0.29) is 6.54 Å². The van der Waals surface area contributed by atoms with E-state index in [9.17, 15) is 4.79 Å². The van der Waals surface area contributed by atoms with Gasteiger partial charge in [-0.05, 0) is 18.2 Å². The number of rotatable bonds is 4. The molecular weight excluding hydrogens is 228 g/mol. The summed E-state index contributed by atoms with van der Waals surface area (Å²) < 4.78 is 0. The minimum atomic E-state index is -0.772. The molecule has 0 aliphatic carbocycles. The fraction of sp³-hybridized carbons (Fsp3) is 0.200. The van der Waals surface area contributed by atoms with E-state index in [1.54, 1.807) is 12.1 Å². The van der Waals surface area contributed by atoms with Crippen molar-refractivity contribution in [2.75, 3.05) is 11.9 Å². The maximum absolute atomic E-state index is 10.7. The number of halogens is 1. The van der Waals surface area contributed by atoms with E-state index in [1.807, 2.05) is 6.07 Å². The molecule has 0 fully saturated rings. The number of nitriles is 1. The van der Waals surface area contributed by atoms with Crippen LogP contribution in [0.25, 0.3) is 0 Å². The van der Waals surface area contributed by atoms with E-state index >= 15 is 0 Å². The highest BCUT2D eigenvalue weighted by molar-refractivity contribution is 6.33. The molecular formula is C10H11ClN4O. The first-order valence-electron chi connectivity index (χ1n) is 4.53. The van der Waals surface area contributed by atoms with Crippen molar-refractivity contribution in [2.24, 2.45) is 11.5 Å². The van der Waals surface area contributed by atoms with Crippen molar-refractivity contribution in [2.45, 2.75) is 6.04 Å². The molecule has 1 aromatic rings. The van der Waals surface area contributed by atoms with Crippen LogP contribution < -0.4 is 16.8 Å². The Hall–Kier alpha value is -1.77. The highest BCUT2D eigenvalue weighted by Gasteiger charge is 2.09. The van der Waals surface area contributed by atoms with Crippen LogP contribution in [-0.2, 0) is 4.79 Å². The molecule has 1 amide bonds. The van der Waals surface area contributed by atoms with Gasteiger partial charge in [-0.15, -0.1) is 0 Å². The summed E-state index contributed by atoms with van der Waals surface area (Å²) in [5.41, 5.74) is 11.5. The molecule has 1 atom stereocenters. The van der Waals surface area contributed by atoms with Crippen LogP contribution >= 0.6 is 11.6 Å². The lowest BCUT2D eigenvalue weighted by Gasteiger charge is -2.11. The van der Waals surface area contributed by atoms with Crippen LogP contribution in [0.2, 0.25) is 5.02 Å². The first kappa shape index (κ1) is 12.3. The highest BCUT2D eigenvalue weighted by atomic mass is 35.5. The van der Waals surface area contributed by atoms with Gasteiger partial charge in [0.1, 0.15) is 6.04 Å². The zero-order valence-corrected chi connectivity index (χ0v) is 9.16. The van der Waals surface area contributed by atoms with Gasteiger partial charge in [-0.3, -0.25) is 4.79 Å².